The fourth-order valence-corrected chi connectivity index (χ4v) is 4.59. The predicted octanol–water partition coefficient (Wildman–Crippen LogP) is 5.17. The molecule has 1 atom stereocenters. The minimum absolute atomic E-state index is 0.0111. The van der Waals surface area contributed by atoms with E-state index in [0.717, 1.165) is 6.42 Å². The van der Waals surface area contributed by atoms with Gasteiger partial charge in [0, 0.05) is 45.3 Å². The second-order valence-corrected chi connectivity index (χ2v) is 10.2. The second kappa shape index (κ2) is 10.0. The maximum Gasteiger partial charge on any atom is 0.419 e. The highest BCUT2D eigenvalue weighted by Gasteiger charge is 2.43. The number of benzene rings is 1. The van der Waals surface area contributed by atoms with Crippen molar-refractivity contribution in [3.8, 4) is 0 Å². The molecule has 2 aliphatic rings. The van der Waals surface area contributed by atoms with Crippen LogP contribution in [-0.4, -0.2) is 72.7 Å². The number of nitrogens with zero attached hydrogens (tertiary/aromatic N) is 4. The van der Waals surface area contributed by atoms with E-state index in [1.807, 2.05) is 11.9 Å². The predicted molar refractivity (Wildman–Crippen MR) is 127 cm³/mol. The van der Waals surface area contributed by atoms with Crippen molar-refractivity contribution in [2.75, 3.05) is 45.2 Å². The molecule has 0 unspecified atom stereocenters. The molecule has 3 rings (SSSR count). The highest BCUT2D eigenvalue weighted by Crippen LogP contribution is 2.47. The summed E-state index contributed by atoms with van der Waals surface area (Å²) in [6, 6.07) is 2.06. The lowest BCUT2D eigenvalue weighted by atomic mass is 9.94. The Bertz CT molecular complexity index is 1000. The number of anilines is 1. The lowest BCUT2D eigenvalue weighted by Crippen LogP contribution is -2.56. The van der Waals surface area contributed by atoms with Crippen LogP contribution in [0.15, 0.2) is 18.2 Å². The van der Waals surface area contributed by atoms with Crippen LogP contribution in [0.25, 0.3) is 5.57 Å². The average molecular weight is 499 g/mol. The van der Waals surface area contributed by atoms with E-state index in [9.17, 15) is 28.1 Å². The quantitative estimate of drug-likeness (QED) is 0.412. The van der Waals surface area contributed by atoms with Crippen molar-refractivity contribution >= 4 is 23.0 Å². The number of amides is 1. The molecule has 1 aromatic carbocycles. The third kappa shape index (κ3) is 6.25. The van der Waals surface area contributed by atoms with Crippen molar-refractivity contribution in [3.05, 3.63) is 39.4 Å². The summed E-state index contributed by atoms with van der Waals surface area (Å²) in [6.07, 6.45) is -1.58. The van der Waals surface area contributed by atoms with Gasteiger partial charge in [-0.1, -0.05) is 6.08 Å². The molecule has 1 amide bonds. The molecule has 8 nitrogen and oxygen atoms in total. The SMILES string of the molecule is CN(C[C@H]1CN(c2c([N+](=O)[O-])ccc(C3=CCCC3)c2C(F)(F)F)CCN1C)C(=O)OC(C)(C)C. The monoisotopic (exact) mass is 498 g/mol. The van der Waals surface area contributed by atoms with Gasteiger partial charge in [0.15, 0.2) is 0 Å². The van der Waals surface area contributed by atoms with Crippen LogP contribution in [0.4, 0.5) is 29.3 Å². The second-order valence-electron chi connectivity index (χ2n) is 10.2. The van der Waals surface area contributed by atoms with Crippen LogP contribution in [0.5, 0.6) is 0 Å². The topological polar surface area (TPSA) is 79.2 Å². The fourth-order valence-electron chi connectivity index (χ4n) is 4.59. The highest BCUT2D eigenvalue weighted by atomic mass is 19.4. The largest absolute Gasteiger partial charge is 0.444 e. The van der Waals surface area contributed by atoms with Gasteiger partial charge in [-0.05, 0) is 64.3 Å². The van der Waals surface area contributed by atoms with Gasteiger partial charge in [0.05, 0.1) is 10.5 Å². The minimum Gasteiger partial charge on any atom is -0.444 e. The average Bonchev–Trinajstić information content (AvgIpc) is 3.27. The molecule has 1 aliphatic heterocycles. The lowest BCUT2D eigenvalue weighted by molar-refractivity contribution is -0.384. The molecule has 1 saturated heterocycles. The number of carbonyl (C=O) groups excluding carboxylic acids is 1. The van der Waals surface area contributed by atoms with Crippen LogP contribution in [0, 0.1) is 10.1 Å². The van der Waals surface area contributed by atoms with E-state index in [4.69, 9.17) is 4.74 Å². The van der Waals surface area contributed by atoms with Crippen LogP contribution in [0.2, 0.25) is 0 Å². The Balaban J connectivity index is 1.99. The zero-order chi connectivity index (χ0) is 26.1. The summed E-state index contributed by atoms with van der Waals surface area (Å²) in [6.45, 7) is 6.11. The van der Waals surface area contributed by atoms with Gasteiger partial charge in [0.25, 0.3) is 5.69 Å². The zero-order valence-electron chi connectivity index (χ0n) is 20.8. The van der Waals surface area contributed by atoms with E-state index in [2.05, 4.69) is 0 Å². The number of hydrogen-bond donors (Lipinski definition) is 0. The number of rotatable bonds is 5. The number of allylic oxidation sites excluding steroid dienone is 2. The van der Waals surface area contributed by atoms with Crippen LogP contribution in [0.3, 0.4) is 0 Å². The molecule has 0 saturated carbocycles. The Morgan fingerprint density at radius 2 is 1.94 bits per heavy atom. The number of nitro groups is 1. The van der Waals surface area contributed by atoms with E-state index in [1.165, 1.54) is 21.9 Å². The third-order valence-corrected chi connectivity index (χ3v) is 6.31. The molecule has 35 heavy (non-hydrogen) atoms. The first-order valence-electron chi connectivity index (χ1n) is 11.7. The van der Waals surface area contributed by atoms with Crippen LogP contribution < -0.4 is 4.90 Å². The van der Waals surface area contributed by atoms with Crippen LogP contribution in [-0.2, 0) is 10.9 Å². The molecule has 1 heterocycles. The van der Waals surface area contributed by atoms with Gasteiger partial charge in [-0.2, -0.15) is 13.2 Å². The lowest BCUT2D eigenvalue weighted by Gasteiger charge is -2.42. The summed E-state index contributed by atoms with van der Waals surface area (Å²) in [5.74, 6) is 0. The number of halogens is 3. The van der Waals surface area contributed by atoms with Crippen molar-refractivity contribution in [2.24, 2.45) is 0 Å². The molecule has 0 bridgehead atoms. The molecule has 1 fully saturated rings. The van der Waals surface area contributed by atoms with Crippen molar-refractivity contribution in [1.82, 2.24) is 9.80 Å². The number of piperazine rings is 1. The molecule has 0 aromatic heterocycles. The Morgan fingerprint density at radius 3 is 2.49 bits per heavy atom. The summed E-state index contributed by atoms with van der Waals surface area (Å²) < 4.78 is 48.7. The Hall–Kier alpha value is -2.82. The molecule has 0 spiro atoms. The molecule has 0 radical (unpaired) electrons. The summed E-state index contributed by atoms with van der Waals surface area (Å²) >= 11 is 0. The van der Waals surface area contributed by atoms with E-state index >= 15 is 0 Å². The molecule has 1 aliphatic carbocycles. The molecule has 11 heteroatoms. The first-order chi connectivity index (χ1) is 16.2. The van der Waals surface area contributed by atoms with Crippen molar-refractivity contribution < 1.29 is 27.6 Å². The number of likely N-dealkylation sites (N-methyl/N-ethyl adjacent to an activating group) is 2. The number of carbonyl (C=O) groups is 1. The summed E-state index contributed by atoms with van der Waals surface area (Å²) in [5.41, 5.74) is -2.02. The van der Waals surface area contributed by atoms with Gasteiger partial charge in [-0.25, -0.2) is 4.79 Å². The van der Waals surface area contributed by atoms with E-state index in [1.54, 1.807) is 33.9 Å². The molecule has 0 N–H and O–H groups in total. The first-order valence-corrected chi connectivity index (χ1v) is 11.7. The normalized spacial score (nSPS) is 19.5. The fraction of sp³-hybridized carbons (Fsp3) is 0.625. The minimum atomic E-state index is -4.77. The standard InChI is InChI=1S/C24H33F3N4O4/c1-23(2,3)35-22(32)29(5)14-17-15-30(13-12-28(17)4)21-19(31(33)34)11-10-18(16-8-6-7-9-16)20(21)24(25,26)27/h8,10-11,17H,6-7,9,12-15H2,1-5H3/t17-/m0/s1. The number of ether oxygens (including phenoxy) is 1. The van der Waals surface area contributed by atoms with Crippen LogP contribution in [0.1, 0.15) is 51.2 Å². The van der Waals surface area contributed by atoms with Crippen LogP contribution >= 0.6 is 0 Å². The Labute approximate surface area is 203 Å². The zero-order valence-corrected chi connectivity index (χ0v) is 20.8. The number of alkyl halides is 3. The van der Waals surface area contributed by atoms with Gasteiger partial charge in [0.1, 0.15) is 11.3 Å². The number of nitro benzene ring substituents is 1. The van der Waals surface area contributed by atoms with Gasteiger partial charge in [0.2, 0.25) is 0 Å². The van der Waals surface area contributed by atoms with E-state index < -0.39 is 39.7 Å². The van der Waals surface area contributed by atoms with Crippen molar-refractivity contribution in [1.29, 1.82) is 0 Å². The van der Waals surface area contributed by atoms with Gasteiger partial charge in [-0.3, -0.25) is 15.0 Å². The third-order valence-electron chi connectivity index (χ3n) is 6.31. The summed E-state index contributed by atoms with van der Waals surface area (Å²) in [5, 5.41) is 11.8. The first kappa shape index (κ1) is 26.8. The Kier molecular flexibility index (Phi) is 7.68. The maximum atomic E-state index is 14.5. The summed E-state index contributed by atoms with van der Waals surface area (Å²) in [7, 11) is 3.39. The maximum absolute atomic E-state index is 14.5. The van der Waals surface area contributed by atoms with E-state index in [-0.39, 0.29) is 31.2 Å². The van der Waals surface area contributed by atoms with Crippen molar-refractivity contribution in [3.63, 3.8) is 0 Å². The van der Waals surface area contributed by atoms with Crippen molar-refractivity contribution in [2.45, 2.75) is 57.9 Å². The molecular formula is C24H33F3N4O4. The smallest absolute Gasteiger partial charge is 0.419 e. The highest BCUT2D eigenvalue weighted by molar-refractivity contribution is 5.81. The molecule has 1 aromatic rings. The van der Waals surface area contributed by atoms with Gasteiger partial charge >= 0.3 is 12.3 Å². The Morgan fingerprint density at radius 1 is 1.26 bits per heavy atom. The number of hydrogen-bond acceptors (Lipinski definition) is 6. The molecule has 194 valence electrons. The van der Waals surface area contributed by atoms with Gasteiger partial charge < -0.3 is 14.5 Å². The van der Waals surface area contributed by atoms with Gasteiger partial charge in [-0.15, -0.1) is 0 Å². The van der Waals surface area contributed by atoms with E-state index in [0.29, 0.717) is 25.0 Å². The summed E-state index contributed by atoms with van der Waals surface area (Å²) in [4.78, 5) is 28.3. The molecular weight excluding hydrogens is 465 g/mol.